The molecule has 0 aromatic heterocycles. The number of carbonyl (C=O) groups excluding carboxylic acids is 2. The Hall–Kier alpha value is -4.77. The zero-order valence-corrected chi connectivity index (χ0v) is 19.4. The van der Waals surface area contributed by atoms with Crippen molar-refractivity contribution in [2.24, 2.45) is 0 Å². The van der Waals surface area contributed by atoms with Crippen molar-refractivity contribution < 1.29 is 23.8 Å². The third-order valence-electron chi connectivity index (χ3n) is 4.75. The van der Waals surface area contributed by atoms with E-state index < -0.39 is 5.91 Å². The summed E-state index contributed by atoms with van der Waals surface area (Å²) in [5.41, 5.74) is 1.41. The van der Waals surface area contributed by atoms with Crippen LogP contribution in [0.15, 0.2) is 78.4 Å². The lowest BCUT2D eigenvalue weighted by molar-refractivity contribution is -0.118. The maximum Gasteiger partial charge on any atom is 0.266 e. The first-order chi connectivity index (χ1) is 17.0. The number of benzene rings is 3. The molecule has 0 bridgehead atoms. The zero-order valence-electron chi connectivity index (χ0n) is 19.4. The maximum atomic E-state index is 12.6. The van der Waals surface area contributed by atoms with E-state index >= 15 is 0 Å². The van der Waals surface area contributed by atoms with Crippen LogP contribution in [-0.4, -0.2) is 32.1 Å². The van der Waals surface area contributed by atoms with Crippen LogP contribution in [0.4, 0.5) is 11.4 Å². The summed E-state index contributed by atoms with van der Waals surface area (Å²) in [5, 5.41) is 15.0. The lowest BCUT2D eigenvalue weighted by atomic mass is 10.1. The summed E-state index contributed by atoms with van der Waals surface area (Å²) in [7, 11) is 1.52. The second kappa shape index (κ2) is 12.5. The number of hydrogen-bond acceptors (Lipinski definition) is 6. The Labute approximate surface area is 203 Å². The van der Waals surface area contributed by atoms with Crippen molar-refractivity contribution in [1.82, 2.24) is 0 Å². The van der Waals surface area contributed by atoms with Crippen molar-refractivity contribution in [3.8, 4) is 23.3 Å². The largest absolute Gasteiger partial charge is 0.495 e. The van der Waals surface area contributed by atoms with Gasteiger partial charge in [-0.05, 0) is 55.5 Å². The van der Waals surface area contributed by atoms with Gasteiger partial charge in [0.05, 0.1) is 19.4 Å². The Kier molecular flexibility index (Phi) is 8.85. The predicted octanol–water partition coefficient (Wildman–Crippen LogP) is 4.66. The van der Waals surface area contributed by atoms with Gasteiger partial charge in [0.1, 0.15) is 28.9 Å². The lowest BCUT2D eigenvalue weighted by Gasteiger charge is -2.12. The van der Waals surface area contributed by atoms with Crippen molar-refractivity contribution >= 4 is 29.3 Å². The van der Waals surface area contributed by atoms with Gasteiger partial charge in [-0.15, -0.1) is 0 Å². The molecule has 2 amide bonds. The van der Waals surface area contributed by atoms with Crippen LogP contribution in [0.2, 0.25) is 0 Å². The number of rotatable bonds is 10. The summed E-state index contributed by atoms with van der Waals surface area (Å²) in [6, 6.07) is 22.6. The van der Waals surface area contributed by atoms with Crippen LogP contribution in [0.1, 0.15) is 12.5 Å². The second-order valence-corrected chi connectivity index (χ2v) is 7.16. The molecule has 0 saturated heterocycles. The van der Waals surface area contributed by atoms with Crippen molar-refractivity contribution in [3.63, 3.8) is 0 Å². The standard InChI is InChI=1S/C27H25N3O5/c1-3-34-22-14-12-21(13-15-22)29-27(32)20(17-28)16-19-8-4-6-10-24(19)35-18-26(31)30-23-9-5-7-11-25(23)33-2/h4-16H,3,18H2,1-2H3,(H,29,32)(H,30,31). The molecule has 0 heterocycles. The fraction of sp³-hybridized carbons (Fsp3) is 0.148. The Morgan fingerprint density at radius 1 is 0.914 bits per heavy atom. The number of ether oxygens (including phenoxy) is 3. The highest BCUT2D eigenvalue weighted by atomic mass is 16.5. The molecule has 0 spiro atoms. The van der Waals surface area contributed by atoms with E-state index in [0.717, 1.165) is 0 Å². The van der Waals surface area contributed by atoms with Gasteiger partial charge in [-0.25, -0.2) is 0 Å². The topological polar surface area (TPSA) is 110 Å². The molecule has 35 heavy (non-hydrogen) atoms. The first-order valence-electron chi connectivity index (χ1n) is 10.8. The molecular formula is C27H25N3O5. The molecule has 0 aliphatic carbocycles. The van der Waals surface area contributed by atoms with E-state index in [2.05, 4.69) is 10.6 Å². The molecule has 8 heteroatoms. The van der Waals surface area contributed by atoms with Gasteiger partial charge >= 0.3 is 0 Å². The number of methoxy groups -OCH3 is 1. The van der Waals surface area contributed by atoms with E-state index in [1.54, 1.807) is 72.8 Å². The molecule has 3 aromatic carbocycles. The first-order valence-corrected chi connectivity index (χ1v) is 10.8. The number of hydrogen-bond donors (Lipinski definition) is 2. The van der Waals surface area contributed by atoms with E-state index in [-0.39, 0.29) is 18.1 Å². The Bertz CT molecular complexity index is 1250. The quantitative estimate of drug-likeness (QED) is 0.329. The highest BCUT2D eigenvalue weighted by Crippen LogP contribution is 2.24. The van der Waals surface area contributed by atoms with Gasteiger partial charge < -0.3 is 24.8 Å². The molecule has 3 aromatic rings. The monoisotopic (exact) mass is 471 g/mol. The maximum absolute atomic E-state index is 12.6. The number of anilines is 2. The highest BCUT2D eigenvalue weighted by Gasteiger charge is 2.13. The van der Waals surface area contributed by atoms with Gasteiger partial charge in [0.25, 0.3) is 11.8 Å². The molecule has 178 valence electrons. The highest BCUT2D eigenvalue weighted by molar-refractivity contribution is 6.09. The molecule has 0 aliphatic rings. The summed E-state index contributed by atoms with van der Waals surface area (Å²) in [6.07, 6.45) is 1.41. The van der Waals surface area contributed by atoms with Crippen molar-refractivity contribution in [2.45, 2.75) is 6.92 Å². The third-order valence-corrected chi connectivity index (χ3v) is 4.75. The average molecular weight is 472 g/mol. The van der Waals surface area contributed by atoms with E-state index in [1.807, 2.05) is 13.0 Å². The summed E-state index contributed by atoms with van der Waals surface area (Å²) in [4.78, 5) is 25.0. The minimum absolute atomic E-state index is 0.117. The Balaban J connectivity index is 1.68. The predicted molar refractivity (Wildman–Crippen MR) is 133 cm³/mol. The van der Waals surface area contributed by atoms with E-state index in [1.165, 1.54) is 13.2 Å². The minimum atomic E-state index is -0.569. The molecule has 0 radical (unpaired) electrons. The number of nitriles is 1. The Morgan fingerprint density at radius 2 is 1.60 bits per heavy atom. The number of carbonyl (C=O) groups is 2. The summed E-state index contributed by atoms with van der Waals surface area (Å²) >= 11 is 0. The number of amides is 2. The Morgan fingerprint density at radius 3 is 2.29 bits per heavy atom. The molecule has 3 rings (SSSR count). The van der Waals surface area contributed by atoms with Crippen molar-refractivity contribution in [3.05, 3.63) is 83.9 Å². The molecule has 0 atom stereocenters. The van der Waals surface area contributed by atoms with Gasteiger partial charge in [-0.2, -0.15) is 5.26 Å². The summed E-state index contributed by atoms with van der Waals surface area (Å²) < 4.78 is 16.3. The minimum Gasteiger partial charge on any atom is -0.495 e. The molecule has 0 saturated carbocycles. The number of nitrogens with zero attached hydrogens (tertiary/aromatic N) is 1. The molecular weight excluding hydrogens is 446 g/mol. The van der Waals surface area contributed by atoms with Crippen LogP contribution in [0.5, 0.6) is 17.2 Å². The van der Waals surface area contributed by atoms with Crippen molar-refractivity contribution in [1.29, 1.82) is 5.26 Å². The molecule has 0 fully saturated rings. The molecule has 0 unspecified atom stereocenters. The zero-order chi connectivity index (χ0) is 25.0. The van der Waals surface area contributed by atoms with Crippen molar-refractivity contribution in [2.75, 3.05) is 31.0 Å². The van der Waals surface area contributed by atoms with Gasteiger partial charge in [0.2, 0.25) is 0 Å². The van der Waals surface area contributed by atoms with Gasteiger partial charge in [0.15, 0.2) is 6.61 Å². The van der Waals surface area contributed by atoms with Crippen LogP contribution < -0.4 is 24.8 Å². The number of para-hydroxylation sites is 3. The average Bonchev–Trinajstić information content (AvgIpc) is 2.88. The molecule has 0 aliphatic heterocycles. The molecule has 2 N–H and O–H groups in total. The van der Waals surface area contributed by atoms with Crippen LogP contribution in [0.3, 0.4) is 0 Å². The fourth-order valence-electron chi connectivity index (χ4n) is 3.11. The fourth-order valence-corrected chi connectivity index (χ4v) is 3.11. The smallest absolute Gasteiger partial charge is 0.266 e. The first kappa shape index (κ1) is 24.9. The lowest BCUT2D eigenvalue weighted by Crippen LogP contribution is -2.20. The van der Waals surface area contributed by atoms with Gasteiger partial charge in [0, 0.05) is 11.3 Å². The second-order valence-electron chi connectivity index (χ2n) is 7.16. The van der Waals surface area contributed by atoms with Crippen LogP contribution in [0, 0.1) is 11.3 Å². The van der Waals surface area contributed by atoms with Crippen LogP contribution in [0.25, 0.3) is 6.08 Å². The van der Waals surface area contributed by atoms with E-state index in [9.17, 15) is 14.9 Å². The van der Waals surface area contributed by atoms with E-state index in [0.29, 0.717) is 40.8 Å². The normalized spacial score (nSPS) is 10.6. The number of nitrogens with one attached hydrogen (secondary N) is 2. The van der Waals surface area contributed by atoms with Gasteiger partial charge in [-0.3, -0.25) is 9.59 Å². The summed E-state index contributed by atoms with van der Waals surface area (Å²) in [6.45, 7) is 2.15. The van der Waals surface area contributed by atoms with Crippen LogP contribution in [-0.2, 0) is 9.59 Å². The third kappa shape index (κ3) is 7.11. The van der Waals surface area contributed by atoms with Gasteiger partial charge in [-0.1, -0.05) is 30.3 Å². The SMILES string of the molecule is CCOc1ccc(NC(=O)C(C#N)=Cc2ccccc2OCC(=O)Nc2ccccc2OC)cc1. The van der Waals surface area contributed by atoms with Crippen LogP contribution >= 0.6 is 0 Å². The van der Waals surface area contributed by atoms with E-state index in [4.69, 9.17) is 14.2 Å². The summed E-state index contributed by atoms with van der Waals surface area (Å²) in [5.74, 6) is 0.607. The molecule has 8 nitrogen and oxygen atoms in total.